The Morgan fingerprint density at radius 2 is 2.16 bits per heavy atom. The van der Waals surface area contributed by atoms with Gasteiger partial charge in [-0.1, -0.05) is 58.4 Å². The fourth-order valence-corrected chi connectivity index (χ4v) is 2.39. The lowest BCUT2D eigenvalue weighted by Crippen LogP contribution is -2.06. The van der Waals surface area contributed by atoms with Gasteiger partial charge in [0.05, 0.1) is 12.5 Å². The third kappa shape index (κ3) is 4.35. The van der Waals surface area contributed by atoms with Gasteiger partial charge in [0, 0.05) is 4.48 Å². The second kappa shape index (κ2) is 6.71. The molecule has 0 radical (unpaired) electrons. The van der Waals surface area contributed by atoms with E-state index in [0.29, 0.717) is 12.5 Å². The van der Waals surface area contributed by atoms with Crippen LogP contribution < -0.4 is 0 Å². The van der Waals surface area contributed by atoms with Crippen molar-refractivity contribution in [1.29, 1.82) is 0 Å². The Bertz CT molecular complexity index is 491. The van der Waals surface area contributed by atoms with Crippen LogP contribution in [0.1, 0.15) is 18.9 Å². The van der Waals surface area contributed by atoms with E-state index >= 15 is 0 Å². The number of carbonyl (C=O) groups excluding carboxylic acids is 1. The van der Waals surface area contributed by atoms with Gasteiger partial charge in [-0.15, -0.1) is 0 Å². The van der Waals surface area contributed by atoms with Crippen molar-refractivity contribution in [2.45, 2.75) is 13.3 Å². The molecule has 3 heteroatoms. The highest BCUT2D eigenvalue weighted by molar-refractivity contribution is 9.11. The Morgan fingerprint density at radius 1 is 1.42 bits per heavy atom. The SMILES string of the molecule is CCOC(=O)[C@H]1C[C@@H]1/C=C(Br)/C=C/c1ccccc1. The molecule has 2 rings (SSSR count). The van der Waals surface area contributed by atoms with E-state index in [9.17, 15) is 4.79 Å². The van der Waals surface area contributed by atoms with Gasteiger partial charge < -0.3 is 4.74 Å². The molecule has 1 saturated carbocycles. The summed E-state index contributed by atoms with van der Waals surface area (Å²) in [6.45, 7) is 2.30. The molecule has 1 fully saturated rings. The first-order valence-electron chi connectivity index (χ1n) is 6.47. The molecule has 19 heavy (non-hydrogen) atoms. The van der Waals surface area contributed by atoms with E-state index in [0.717, 1.165) is 16.5 Å². The van der Waals surface area contributed by atoms with Gasteiger partial charge in [0.25, 0.3) is 0 Å². The Morgan fingerprint density at radius 3 is 2.84 bits per heavy atom. The number of carbonyl (C=O) groups is 1. The van der Waals surface area contributed by atoms with Crippen LogP contribution in [0.3, 0.4) is 0 Å². The molecule has 0 N–H and O–H groups in total. The third-order valence-corrected chi connectivity index (χ3v) is 3.57. The minimum absolute atomic E-state index is 0.0534. The predicted octanol–water partition coefficient (Wildman–Crippen LogP) is 4.18. The van der Waals surface area contributed by atoms with E-state index in [1.807, 2.05) is 37.3 Å². The quantitative estimate of drug-likeness (QED) is 0.601. The number of rotatable bonds is 5. The summed E-state index contributed by atoms with van der Waals surface area (Å²) in [6, 6.07) is 10.1. The molecule has 0 aromatic heterocycles. The van der Waals surface area contributed by atoms with E-state index in [4.69, 9.17) is 4.74 Å². The number of hydrogen-bond acceptors (Lipinski definition) is 2. The molecule has 0 bridgehead atoms. The van der Waals surface area contributed by atoms with E-state index < -0.39 is 0 Å². The van der Waals surface area contributed by atoms with E-state index in [1.54, 1.807) is 0 Å². The summed E-state index contributed by atoms with van der Waals surface area (Å²) in [4.78, 5) is 11.5. The van der Waals surface area contributed by atoms with Crippen molar-refractivity contribution in [1.82, 2.24) is 0 Å². The highest BCUT2D eigenvalue weighted by atomic mass is 79.9. The van der Waals surface area contributed by atoms with Gasteiger partial charge >= 0.3 is 5.97 Å². The lowest BCUT2D eigenvalue weighted by molar-refractivity contribution is -0.144. The van der Waals surface area contributed by atoms with Crippen molar-refractivity contribution >= 4 is 28.0 Å². The zero-order valence-electron chi connectivity index (χ0n) is 10.9. The predicted molar refractivity (Wildman–Crippen MR) is 80.7 cm³/mol. The van der Waals surface area contributed by atoms with E-state index in [-0.39, 0.29) is 11.9 Å². The highest BCUT2D eigenvalue weighted by Crippen LogP contribution is 2.42. The summed E-state index contributed by atoms with van der Waals surface area (Å²) in [5.41, 5.74) is 1.16. The Kier molecular flexibility index (Phi) is 4.97. The van der Waals surface area contributed by atoms with Crippen molar-refractivity contribution in [3.05, 3.63) is 52.5 Å². The smallest absolute Gasteiger partial charge is 0.309 e. The molecule has 1 aliphatic rings. The summed E-state index contributed by atoms with van der Waals surface area (Å²) < 4.78 is 6.01. The normalized spacial score (nSPS) is 22.5. The monoisotopic (exact) mass is 320 g/mol. The maximum absolute atomic E-state index is 11.5. The summed E-state index contributed by atoms with van der Waals surface area (Å²) >= 11 is 3.51. The summed E-state index contributed by atoms with van der Waals surface area (Å²) in [5.74, 6) is 0.294. The number of allylic oxidation sites excluding steroid dienone is 3. The molecule has 1 aromatic carbocycles. The molecule has 0 aliphatic heterocycles. The lowest BCUT2D eigenvalue weighted by Gasteiger charge is -1.98. The molecule has 100 valence electrons. The average Bonchev–Trinajstić information content (AvgIpc) is 3.17. The van der Waals surface area contributed by atoms with Crippen LogP contribution in [0, 0.1) is 11.8 Å². The second-order valence-electron chi connectivity index (χ2n) is 4.55. The van der Waals surface area contributed by atoms with Crippen molar-refractivity contribution in [3.8, 4) is 0 Å². The molecule has 1 aromatic rings. The number of hydrogen-bond donors (Lipinski definition) is 0. The van der Waals surface area contributed by atoms with Crippen molar-refractivity contribution in [2.24, 2.45) is 11.8 Å². The largest absolute Gasteiger partial charge is 0.466 e. The van der Waals surface area contributed by atoms with Crippen LogP contribution in [-0.2, 0) is 9.53 Å². The minimum Gasteiger partial charge on any atom is -0.466 e. The number of ether oxygens (including phenoxy) is 1. The topological polar surface area (TPSA) is 26.3 Å². The fraction of sp³-hybridized carbons (Fsp3) is 0.312. The Labute approximate surface area is 122 Å². The van der Waals surface area contributed by atoms with Crippen LogP contribution in [0.2, 0.25) is 0 Å². The van der Waals surface area contributed by atoms with Gasteiger partial charge in [-0.2, -0.15) is 0 Å². The molecular formula is C16H17BrO2. The van der Waals surface area contributed by atoms with E-state index in [2.05, 4.69) is 34.1 Å². The molecule has 0 saturated heterocycles. The van der Waals surface area contributed by atoms with Crippen molar-refractivity contribution < 1.29 is 9.53 Å². The van der Waals surface area contributed by atoms with Crippen LogP contribution >= 0.6 is 15.9 Å². The molecule has 0 unspecified atom stereocenters. The van der Waals surface area contributed by atoms with Crippen LogP contribution in [-0.4, -0.2) is 12.6 Å². The molecule has 2 atom stereocenters. The van der Waals surface area contributed by atoms with Crippen LogP contribution in [0.25, 0.3) is 6.08 Å². The number of esters is 1. The van der Waals surface area contributed by atoms with Crippen molar-refractivity contribution in [3.63, 3.8) is 0 Å². The first-order valence-corrected chi connectivity index (χ1v) is 7.27. The van der Waals surface area contributed by atoms with Crippen molar-refractivity contribution in [2.75, 3.05) is 6.61 Å². The maximum Gasteiger partial charge on any atom is 0.309 e. The molecular weight excluding hydrogens is 304 g/mol. The lowest BCUT2D eigenvalue weighted by atomic mass is 10.2. The number of halogens is 1. The van der Waals surface area contributed by atoms with Gasteiger partial charge in [-0.3, -0.25) is 4.79 Å². The second-order valence-corrected chi connectivity index (χ2v) is 5.47. The molecule has 0 spiro atoms. The molecule has 0 heterocycles. The maximum atomic E-state index is 11.5. The molecule has 0 amide bonds. The van der Waals surface area contributed by atoms with Crippen LogP contribution in [0.5, 0.6) is 0 Å². The van der Waals surface area contributed by atoms with Gasteiger partial charge in [-0.05, 0) is 30.9 Å². The Hall–Kier alpha value is -1.35. The zero-order chi connectivity index (χ0) is 13.7. The average molecular weight is 321 g/mol. The van der Waals surface area contributed by atoms with Crippen LogP contribution in [0.15, 0.2) is 47.0 Å². The Balaban J connectivity index is 1.88. The summed E-state index contributed by atoms with van der Waals surface area (Å²) in [7, 11) is 0. The molecule has 1 aliphatic carbocycles. The van der Waals surface area contributed by atoms with Gasteiger partial charge in [-0.25, -0.2) is 0 Å². The van der Waals surface area contributed by atoms with Gasteiger partial charge in [0.15, 0.2) is 0 Å². The summed E-state index contributed by atoms with van der Waals surface area (Å²) in [6.07, 6.45) is 7.03. The highest BCUT2D eigenvalue weighted by Gasteiger charge is 2.42. The van der Waals surface area contributed by atoms with Gasteiger partial charge in [0.2, 0.25) is 0 Å². The summed E-state index contributed by atoms with van der Waals surface area (Å²) in [5, 5.41) is 0. The zero-order valence-corrected chi connectivity index (χ0v) is 12.5. The van der Waals surface area contributed by atoms with Crippen LogP contribution in [0.4, 0.5) is 0 Å². The molecule has 2 nitrogen and oxygen atoms in total. The van der Waals surface area contributed by atoms with Gasteiger partial charge in [0.1, 0.15) is 0 Å². The first kappa shape index (κ1) is 14.1. The number of benzene rings is 1. The standard InChI is InChI=1S/C16H17BrO2/c1-2-19-16(18)15-11-13(15)10-14(17)9-8-12-6-4-3-5-7-12/h3-10,13,15H,2,11H2,1H3/b9-8+,14-10-/t13-,15-/m0/s1. The van der Waals surface area contributed by atoms with E-state index in [1.165, 1.54) is 0 Å². The fourth-order valence-electron chi connectivity index (χ4n) is 1.92. The third-order valence-electron chi connectivity index (χ3n) is 3.04. The minimum atomic E-state index is -0.0731. The first-order chi connectivity index (χ1) is 9.20.